The molecule has 5 atom stereocenters. The molecule has 0 amide bonds. The van der Waals surface area contributed by atoms with Gasteiger partial charge in [0.2, 0.25) is 0 Å². The molecule has 0 saturated heterocycles. The molecule has 4 aliphatic carbocycles. The maximum absolute atomic E-state index is 14.1. The molecule has 258 valence electrons. The van der Waals surface area contributed by atoms with Gasteiger partial charge in [-0.25, -0.2) is 0 Å². The molecule has 4 aliphatic rings. The number of hydrogen-bond donors (Lipinski definition) is 0. The lowest BCUT2D eigenvalue weighted by atomic mass is 9.56. The summed E-state index contributed by atoms with van der Waals surface area (Å²) in [6, 6.07) is 26.1. The van der Waals surface area contributed by atoms with Crippen molar-refractivity contribution in [1.82, 2.24) is 0 Å². The van der Waals surface area contributed by atoms with Gasteiger partial charge in [-0.3, -0.25) is 9.59 Å². The zero-order chi connectivity index (χ0) is 34.9. The highest BCUT2D eigenvalue weighted by molar-refractivity contribution is 5.88. The Labute approximate surface area is 300 Å². The van der Waals surface area contributed by atoms with E-state index in [-0.39, 0.29) is 16.7 Å². The minimum atomic E-state index is -0.241. The summed E-state index contributed by atoms with van der Waals surface area (Å²) < 4.78 is 0. The van der Waals surface area contributed by atoms with Gasteiger partial charge in [-0.05, 0) is 133 Å². The maximum Gasteiger partial charge on any atom is 0.140 e. The van der Waals surface area contributed by atoms with E-state index in [0.29, 0.717) is 41.7 Å². The van der Waals surface area contributed by atoms with Crippen LogP contribution in [0.2, 0.25) is 0 Å². The predicted molar refractivity (Wildman–Crippen MR) is 206 cm³/mol. The number of terminal acetylenes is 1. The van der Waals surface area contributed by atoms with Crippen LogP contribution in [-0.4, -0.2) is 11.6 Å². The van der Waals surface area contributed by atoms with Crippen molar-refractivity contribution in [2.45, 2.75) is 110 Å². The second-order valence-corrected chi connectivity index (χ2v) is 16.7. The fraction of sp³-hybridized carbons (Fsp3) is 0.458. The van der Waals surface area contributed by atoms with Crippen molar-refractivity contribution in [1.29, 1.82) is 0 Å². The number of aryl methyl sites for hydroxylation is 1. The zero-order valence-corrected chi connectivity index (χ0v) is 30.4. The number of Topliss-reactive ketones (excluding diaryl/α,β-unsaturated/α-hetero) is 2. The van der Waals surface area contributed by atoms with E-state index in [1.165, 1.54) is 33.4 Å². The average Bonchev–Trinajstić information content (AvgIpc) is 3.68. The van der Waals surface area contributed by atoms with Gasteiger partial charge < -0.3 is 0 Å². The van der Waals surface area contributed by atoms with Gasteiger partial charge in [-0.2, -0.15) is 0 Å². The van der Waals surface area contributed by atoms with Gasteiger partial charge in [-0.1, -0.05) is 112 Å². The normalized spacial score (nSPS) is 29.6. The van der Waals surface area contributed by atoms with E-state index in [4.69, 9.17) is 6.42 Å². The molecule has 7 rings (SSSR count). The lowest BCUT2D eigenvalue weighted by molar-refractivity contribution is -0.131. The predicted octanol–water partition coefficient (Wildman–Crippen LogP) is 11.2. The molecule has 0 aromatic heterocycles. The van der Waals surface area contributed by atoms with E-state index < -0.39 is 0 Å². The first-order chi connectivity index (χ1) is 24.2. The molecule has 2 heteroatoms. The molecule has 0 spiro atoms. The van der Waals surface area contributed by atoms with Gasteiger partial charge >= 0.3 is 0 Å². The Morgan fingerprint density at radius 2 is 1.68 bits per heavy atom. The Balaban J connectivity index is 1.04. The number of rotatable bonds is 10. The van der Waals surface area contributed by atoms with E-state index in [1.807, 2.05) is 6.07 Å². The van der Waals surface area contributed by atoms with Crippen LogP contribution >= 0.6 is 0 Å². The number of ketones is 2. The Hall–Kier alpha value is -3.96. The summed E-state index contributed by atoms with van der Waals surface area (Å²) in [6.07, 6.45) is 24.6. The van der Waals surface area contributed by atoms with Gasteiger partial charge in [0.1, 0.15) is 11.6 Å². The lowest BCUT2D eigenvalue weighted by Gasteiger charge is -2.47. The smallest absolute Gasteiger partial charge is 0.140 e. The van der Waals surface area contributed by atoms with Crippen LogP contribution in [0.4, 0.5) is 0 Å². The molecule has 3 aromatic rings. The first-order valence-corrected chi connectivity index (χ1v) is 19.4. The third-order valence-corrected chi connectivity index (χ3v) is 13.6. The lowest BCUT2D eigenvalue weighted by Crippen LogP contribution is -2.42. The molecule has 3 aromatic carbocycles. The molecule has 3 saturated carbocycles. The molecule has 50 heavy (non-hydrogen) atoms. The molecule has 3 fully saturated rings. The largest absolute Gasteiger partial charge is 0.299 e. The molecule has 0 aliphatic heterocycles. The van der Waals surface area contributed by atoms with Crippen LogP contribution in [0.5, 0.6) is 0 Å². The fourth-order valence-corrected chi connectivity index (χ4v) is 10.2. The zero-order valence-electron chi connectivity index (χ0n) is 30.4. The Kier molecular flexibility index (Phi) is 9.89. The Morgan fingerprint density at radius 1 is 0.920 bits per heavy atom. The number of fused-ring (bicyclic) bond motifs is 1. The van der Waals surface area contributed by atoms with Gasteiger partial charge in [0.25, 0.3) is 0 Å². The summed E-state index contributed by atoms with van der Waals surface area (Å²) in [4.78, 5) is 27.2. The highest BCUT2D eigenvalue weighted by Gasteiger charge is 2.57. The average molecular weight is 663 g/mol. The first-order valence-electron chi connectivity index (χ1n) is 19.4. The first kappa shape index (κ1) is 34.5. The summed E-state index contributed by atoms with van der Waals surface area (Å²) in [5.41, 5.74) is 8.45. The summed E-state index contributed by atoms with van der Waals surface area (Å²) in [7, 11) is 0. The van der Waals surface area contributed by atoms with E-state index in [2.05, 4.69) is 112 Å². The Bertz CT molecular complexity index is 1810. The summed E-state index contributed by atoms with van der Waals surface area (Å²) in [5.74, 6) is 5.54. The number of hydrogen-bond acceptors (Lipinski definition) is 2. The van der Waals surface area contributed by atoms with E-state index in [0.717, 1.165) is 76.2 Å². The van der Waals surface area contributed by atoms with Crippen molar-refractivity contribution in [3.05, 3.63) is 124 Å². The molecular weight excluding hydrogens is 609 g/mol. The molecule has 0 bridgehead atoms. The third kappa shape index (κ3) is 6.86. The summed E-state index contributed by atoms with van der Waals surface area (Å²) >= 11 is 0. The van der Waals surface area contributed by atoms with Crippen LogP contribution in [-0.2, 0) is 22.4 Å². The molecule has 0 N–H and O–H groups in total. The topological polar surface area (TPSA) is 34.1 Å². The van der Waals surface area contributed by atoms with Crippen LogP contribution in [0, 0.1) is 40.9 Å². The Morgan fingerprint density at radius 3 is 2.38 bits per heavy atom. The van der Waals surface area contributed by atoms with Gasteiger partial charge in [0.15, 0.2) is 0 Å². The maximum atomic E-state index is 14.1. The molecular formula is C48H54O2. The second kappa shape index (κ2) is 14.3. The van der Waals surface area contributed by atoms with Crippen molar-refractivity contribution >= 4 is 17.1 Å². The van der Waals surface area contributed by atoms with Gasteiger partial charge in [0.05, 0.1) is 0 Å². The van der Waals surface area contributed by atoms with Crippen molar-refractivity contribution in [3.63, 3.8) is 0 Å². The number of carbonyl (C=O) groups is 2. The second-order valence-electron chi connectivity index (χ2n) is 16.7. The summed E-state index contributed by atoms with van der Waals surface area (Å²) in [5, 5.41) is 0. The van der Waals surface area contributed by atoms with E-state index >= 15 is 0 Å². The molecule has 3 unspecified atom stereocenters. The van der Waals surface area contributed by atoms with Crippen LogP contribution in [0.25, 0.3) is 5.57 Å². The van der Waals surface area contributed by atoms with Gasteiger partial charge in [-0.15, -0.1) is 6.42 Å². The van der Waals surface area contributed by atoms with Crippen molar-refractivity contribution in [2.24, 2.45) is 28.6 Å². The van der Waals surface area contributed by atoms with Crippen molar-refractivity contribution in [2.75, 3.05) is 0 Å². The van der Waals surface area contributed by atoms with Crippen molar-refractivity contribution in [3.8, 4) is 12.3 Å². The van der Waals surface area contributed by atoms with Gasteiger partial charge in [0, 0.05) is 29.7 Å². The van der Waals surface area contributed by atoms with Crippen LogP contribution in [0.3, 0.4) is 0 Å². The van der Waals surface area contributed by atoms with Crippen LogP contribution < -0.4 is 0 Å². The quantitative estimate of drug-likeness (QED) is 0.203. The SMILES string of the molecule is C#Cc1ccc(CC2CCC(C(C(=O)CCc3ccccc3)c3ccc(C4=CC(C)C=C4)cc3)CC2)cc1C1CC[C@@]2(C)CCC(=O)[C@@]2(C)C1. The highest BCUT2D eigenvalue weighted by Crippen LogP contribution is 2.61. The molecule has 0 radical (unpaired) electrons. The third-order valence-electron chi connectivity index (χ3n) is 13.6. The fourth-order valence-electron chi connectivity index (χ4n) is 10.2. The van der Waals surface area contributed by atoms with E-state index in [1.54, 1.807) is 0 Å². The monoisotopic (exact) mass is 662 g/mol. The number of allylic oxidation sites excluding steroid dienone is 4. The van der Waals surface area contributed by atoms with Crippen LogP contribution in [0.1, 0.15) is 130 Å². The standard InChI is InChI=1S/C48H54O2/c1-5-37-17-14-36(31-43(37)42-25-27-47(3)28-26-45(50)48(47,4)32-42)30-35-12-18-39(19-13-35)46(44(49)24-15-34-9-7-6-8-10-34)40-22-20-38(21-23-40)41-16-11-33(2)29-41/h1,6-11,14,16-17,20-23,29,31,33,35,39,42,46H,12-13,15,18-19,24-28,30,32H2,2-4H3/t33?,35?,39?,42?,46?,47-,48+/m0/s1. The molecule has 0 heterocycles. The van der Waals surface area contributed by atoms with Crippen molar-refractivity contribution < 1.29 is 9.59 Å². The minimum absolute atomic E-state index is 0.0566. The highest BCUT2D eigenvalue weighted by atomic mass is 16.1. The van der Waals surface area contributed by atoms with Crippen LogP contribution in [0.15, 0.2) is 91.0 Å². The molecule has 2 nitrogen and oxygen atoms in total. The number of carbonyl (C=O) groups excluding carboxylic acids is 2. The summed E-state index contributed by atoms with van der Waals surface area (Å²) in [6.45, 7) is 6.78. The van der Waals surface area contributed by atoms with E-state index in [9.17, 15) is 9.59 Å². The number of benzene rings is 3. The minimum Gasteiger partial charge on any atom is -0.299 e.